The highest BCUT2D eigenvalue weighted by atomic mass is 32.1. The minimum atomic E-state index is -1.40. The molecule has 1 fully saturated rings. The molecule has 0 aliphatic carbocycles. The predicted molar refractivity (Wildman–Crippen MR) is 95.8 cm³/mol. The molecule has 2 heterocycles. The van der Waals surface area contributed by atoms with E-state index in [1.807, 2.05) is 0 Å². The van der Waals surface area contributed by atoms with Crippen molar-refractivity contribution in [1.29, 1.82) is 0 Å². The number of hydrogen-bond donors (Lipinski definition) is 4. The summed E-state index contributed by atoms with van der Waals surface area (Å²) in [6.07, 6.45) is -5.04. The molecule has 27 heavy (non-hydrogen) atoms. The van der Waals surface area contributed by atoms with Crippen LogP contribution in [0.2, 0.25) is 0 Å². The molecule has 1 aromatic heterocycles. The summed E-state index contributed by atoms with van der Waals surface area (Å²) in [5.41, 5.74) is 1.88. The summed E-state index contributed by atoms with van der Waals surface area (Å²) in [4.78, 5) is 22.6. The maximum atomic E-state index is 11.5. The van der Waals surface area contributed by atoms with E-state index >= 15 is 0 Å². The highest BCUT2D eigenvalue weighted by Crippen LogP contribution is 2.33. The molecule has 148 valence electrons. The van der Waals surface area contributed by atoms with E-state index in [0.717, 1.165) is 11.3 Å². The van der Waals surface area contributed by atoms with E-state index in [-0.39, 0.29) is 0 Å². The molecule has 1 amide bonds. The fourth-order valence-corrected chi connectivity index (χ4v) is 3.81. The first-order chi connectivity index (χ1) is 12.7. The predicted octanol–water partition coefficient (Wildman–Crippen LogP) is -0.206. The number of amides is 1. The molecule has 1 aliphatic rings. The van der Waals surface area contributed by atoms with Gasteiger partial charge in [-0.2, -0.15) is 0 Å². The Kier molecular flexibility index (Phi) is 5.54. The van der Waals surface area contributed by atoms with Crippen molar-refractivity contribution in [2.75, 3.05) is 6.61 Å². The standard InChI is InChI=1S/C17H21NO8S/c1-6-7(2)15-11(27-17(23)26-15)4-9(6)24-16-12(18-8(3)20)14(22)13(21)10(5-19)25-16/h4,10,12-14,16,19,21-22H,5H2,1-3H3,(H,18,20)/t10-,12+,13+,14-,16-/m0/s1. The maximum Gasteiger partial charge on any atom is 0.396 e. The van der Waals surface area contributed by atoms with Gasteiger partial charge in [0.1, 0.15) is 30.1 Å². The van der Waals surface area contributed by atoms with E-state index in [1.165, 1.54) is 6.92 Å². The van der Waals surface area contributed by atoms with Gasteiger partial charge < -0.3 is 34.5 Å². The van der Waals surface area contributed by atoms with Crippen molar-refractivity contribution in [1.82, 2.24) is 5.32 Å². The summed E-state index contributed by atoms with van der Waals surface area (Å²) in [5, 5.41) is 32.3. The van der Waals surface area contributed by atoms with Gasteiger partial charge in [-0.15, -0.1) is 0 Å². The van der Waals surface area contributed by atoms with Gasteiger partial charge in [-0.05, 0) is 25.0 Å². The summed E-state index contributed by atoms with van der Waals surface area (Å²) in [7, 11) is 0. The van der Waals surface area contributed by atoms with Crippen LogP contribution in [0.25, 0.3) is 10.3 Å². The molecule has 3 rings (SSSR count). The second-order valence-corrected chi connectivity index (χ2v) is 7.43. The SMILES string of the molecule is CC(=O)N[C@H]1[C@@H](Oc2cc3sc(=O)oc3c(C)c2C)O[C@@H](CO)[C@@H](O)[C@H]1O. The number of carbonyl (C=O) groups excluding carboxylic acids is 1. The van der Waals surface area contributed by atoms with Gasteiger partial charge in [0.15, 0.2) is 5.58 Å². The third-order valence-corrected chi connectivity index (χ3v) is 5.40. The third-order valence-electron chi connectivity index (χ3n) is 4.63. The molecule has 0 unspecified atom stereocenters. The Bertz CT molecular complexity index is 906. The molecule has 1 saturated heterocycles. The van der Waals surface area contributed by atoms with Gasteiger partial charge >= 0.3 is 4.94 Å². The van der Waals surface area contributed by atoms with Crippen molar-refractivity contribution in [3.05, 3.63) is 26.9 Å². The number of nitrogens with one attached hydrogen (secondary N) is 1. The van der Waals surface area contributed by atoms with Gasteiger partial charge in [0.2, 0.25) is 12.2 Å². The Hall–Kier alpha value is -1.98. The fraction of sp³-hybridized carbons (Fsp3) is 0.529. The van der Waals surface area contributed by atoms with Gasteiger partial charge in [-0.25, -0.2) is 4.79 Å². The zero-order valence-corrected chi connectivity index (χ0v) is 15.8. The van der Waals surface area contributed by atoms with Crippen LogP contribution >= 0.6 is 11.3 Å². The first-order valence-corrected chi connectivity index (χ1v) is 9.14. The van der Waals surface area contributed by atoms with Crippen LogP contribution in [0.1, 0.15) is 18.1 Å². The van der Waals surface area contributed by atoms with E-state index in [9.17, 15) is 24.9 Å². The molecule has 0 bridgehead atoms. The van der Waals surface area contributed by atoms with E-state index in [2.05, 4.69) is 5.32 Å². The Balaban J connectivity index is 1.97. The highest BCUT2D eigenvalue weighted by molar-refractivity contribution is 7.16. The molecule has 9 nitrogen and oxygen atoms in total. The van der Waals surface area contributed by atoms with Crippen LogP contribution in [-0.4, -0.2) is 58.5 Å². The number of aliphatic hydroxyl groups excluding tert-OH is 3. The number of carbonyl (C=O) groups is 1. The minimum absolute atomic E-state index is 0.373. The summed E-state index contributed by atoms with van der Waals surface area (Å²) in [6, 6.07) is 0.561. The smallest absolute Gasteiger partial charge is 0.396 e. The van der Waals surface area contributed by atoms with E-state index in [1.54, 1.807) is 19.9 Å². The Morgan fingerprint density at radius 2 is 2.00 bits per heavy atom. The van der Waals surface area contributed by atoms with Crippen LogP contribution in [-0.2, 0) is 9.53 Å². The molecule has 10 heteroatoms. The van der Waals surface area contributed by atoms with Gasteiger partial charge in [-0.3, -0.25) is 4.79 Å². The van der Waals surface area contributed by atoms with Crippen molar-refractivity contribution in [2.45, 2.75) is 51.4 Å². The van der Waals surface area contributed by atoms with Crippen molar-refractivity contribution < 1.29 is 34.0 Å². The topological polar surface area (TPSA) is 138 Å². The summed E-state index contributed by atoms with van der Waals surface area (Å²) in [6.45, 7) is 4.28. The van der Waals surface area contributed by atoms with Crippen molar-refractivity contribution in [2.24, 2.45) is 0 Å². The molecule has 0 saturated carbocycles. The van der Waals surface area contributed by atoms with Crippen LogP contribution in [0, 0.1) is 13.8 Å². The van der Waals surface area contributed by atoms with Crippen molar-refractivity contribution >= 4 is 27.5 Å². The fourth-order valence-electron chi connectivity index (χ4n) is 3.05. The first-order valence-electron chi connectivity index (χ1n) is 8.33. The Morgan fingerprint density at radius 3 is 2.63 bits per heavy atom. The number of ether oxygens (including phenoxy) is 2. The summed E-state index contributed by atoms with van der Waals surface area (Å²) >= 11 is 0.926. The van der Waals surface area contributed by atoms with Crippen LogP contribution in [0.15, 0.2) is 15.3 Å². The molecule has 0 radical (unpaired) electrons. The molecular formula is C17H21NO8S. The number of aryl methyl sites for hydroxylation is 1. The number of benzene rings is 1. The maximum absolute atomic E-state index is 11.5. The van der Waals surface area contributed by atoms with E-state index in [4.69, 9.17) is 13.9 Å². The summed E-state index contributed by atoms with van der Waals surface area (Å²) in [5.74, 6) is -0.0695. The molecular weight excluding hydrogens is 378 g/mol. The second-order valence-electron chi connectivity index (χ2n) is 6.46. The lowest BCUT2D eigenvalue weighted by atomic mass is 9.97. The van der Waals surface area contributed by atoms with Crippen molar-refractivity contribution in [3.63, 3.8) is 0 Å². The molecule has 1 aliphatic heterocycles. The Morgan fingerprint density at radius 1 is 1.30 bits per heavy atom. The van der Waals surface area contributed by atoms with Crippen LogP contribution in [0.5, 0.6) is 5.75 Å². The van der Waals surface area contributed by atoms with Crippen LogP contribution < -0.4 is 15.0 Å². The van der Waals surface area contributed by atoms with Crippen LogP contribution in [0.4, 0.5) is 0 Å². The molecule has 0 spiro atoms. The number of fused-ring (bicyclic) bond motifs is 1. The van der Waals surface area contributed by atoms with Gasteiger partial charge in [0.25, 0.3) is 0 Å². The molecule has 1 aromatic carbocycles. The lowest BCUT2D eigenvalue weighted by Crippen LogP contribution is -2.65. The van der Waals surface area contributed by atoms with Gasteiger partial charge in [0, 0.05) is 13.0 Å². The van der Waals surface area contributed by atoms with Gasteiger partial charge in [-0.1, -0.05) is 11.3 Å². The largest absolute Gasteiger partial charge is 0.462 e. The lowest BCUT2D eigenvalue weighted by molar-refractivity contribution is -0.244. The monoisotopic (exact) mass is 399 g/mol. The summed E-state index contributed by atoms with van der Waals surface area (Å²) < 4.78 is 17.2. The zero-order valence-electron chi connectivity index (χ0n) is 15.0. The minimum Gasteiger partial charge on any atom is -0.462 e. The average Bonchev–Trinajstić information content (AvgIpc) is 2.99. The Labute approximate surface area is 158 Å². The van der Waals surface area contributed by atoms with Gasteiger partial charge in [0.05, 0.1) is 11.3 Å². The second kappa shape index (κ2) is 7.56. The quantitative estimate of drug-likeness (QED) is 0.554. The van der Waals surface area contributed by atoms with E-state index in [0.29, 0.717) is 27.2 Å². The normalized spacial score (nSPS) is 28.3. The number of rotatable bonds is 4. The van der Waals surface area contributed by atoms with Crippen molar-refractivity contribution in [3.8, 4) is 5.75 Å². The number of hydrogen-bond acceptors (Lipinski definition) is 9. The third kappa shape index (κ3) is 3.71. The molecule has 5 atom stereocenters. The highest BCUT2D eigenvalue weighted by Gasteiger charge is 2.46. The van der Waals surface area contributed by atoms with E-state index < -0.39 is 48.1 Å². The van der Waals surface area contributed by atoms with Crippen LogP contribution in [0.3, 0.4) is 0 Å². The first kappa shape index (κ1) is 19.8. The lowest BCUT2D eigenvalue weighted by Gasteiger charge is -2.42. The molecule has 2 aromatic rings. The number of aliphatic hydroxyl groups is 3. The average molecular weight is 399 g/mol. The zero-order chi connectivity index (χ0) is 19.9. The molecule has 4 N–H and O–H groups in total.